The number of nitrogens with zero attached hydrogens (tertiary/aromatic N) is 2. The first kappa shape index (κ1) is 28.6. The van der Waals surface area contributed by atoms with E-state index in [9.17, 15) is 31.4 Å². The van der Waals surface area contributed by atoms with E-state index in [0.29, 0.717) is 43.9 Å². The number of nitrogens with one attached hydrogen (secondary N) is 2. The summed E-state index contributed by atoms with van der Waals surface area (Å²) in [6, 6.07) is 10.2. The summed E-state index contributed by atoms with van der Waals surface area (Å²) in [6.45, 7) is 0.952. The fourth-order valence-electron chi connectivity index (χ4n) is 5.83. The van der Waals surface area contributed by atoms with E-state index in [0.717, 1.165) is 16.5 Å². The number of hydrogen-bond donors (Lipinski definition) is 3. The predicted molar refractivity (Wildman–Crippen MR) is 140 cm³/mol. The second-order valence-electron chi connectivity index (χ2n) is 10.6. The van der Waals surface area contributed by atoms with Gasteiger partial charge in [0.2, 0.25) is 0 Å². The van der Waals surface area contributed by atoms with E-state index < -0.39 is 49.9 Å². The number of aromatic nitrogens is 1. The Hall–Kier alpha value is -2.96. The van der Waals surface area contributed by atoms with E-state index in [1.165, 1.54) is 17.0 Å². The molecule has 0 aliphatic carbocycles. The average Bonchev–Trinajstić information content (AvgIpc) is 3.23. The minimum absolute atomic E-state index is 0.0287. The van der Waals surface area contributed by atoms with Crippen LogP contribution < -0.4 is 10.1 Å². The fraction of sp³-hybridized carbons (Fsp3) is 0.500. The molecule has 0 bridgehead atoms. The number of H-pyrrole nitrogens is 1. The van der Waals surface area contributed by atoms with Crippen LogP contribution in [0.4, 0.5) is 32.0 Å². The molecule has 3 heterocycles. The van der Waals surface area contributed by atoms with Crippen LogP contribution in [0.1, 0.15) is 36.2 Å². The van der Waals surface area contributed by atoms with Crippen molar-refractivity contribution >= 4 is 16.6 Å². The normalized spacial score (nSPS) is 20.9. The number of likely N-dealkylation sites (tertiary alicyclic amines) is 1. The van der Waals surface area contributed by atoms with Crippen LogP contribution in [-0.4, -0.2) is 83.7 Å². The van der Waals surface area contributed by atoms with Crippen molar-refractivity contribution in [2.75, 3.05) is 44.8 Å². The number of halogens is 6. The Bertz CT molecular complexity index is 1320. The van der Waals surface area contributed by atoms with E-state index in [2.05, 4.69) is 15.0 Å². The molecule has 0 spiro atoms. The molecule has 2 atom stereocenters. The van der Waals surface area contributed by atoms with Crippen LogP contribution in [0.3, 0.4) is 0 Å². The Morgan fingerprint density at radius 1 is 1.10 bits per heavy atom. The van der Waals surface area contributed by atoms with Crippen molar-refractivity contribution < 1.29 is 36.2 Å². The van der Waals surface area contributed by atoms with Gasteiger partial charge < -0.3 is 20.1 Å². The number of ether oxygens (including phenoxy) is 1. The maximum Gasteiger partial charge on any atom is 0.573 e. The molecule has 0 amide bonds. The summed E-state index contributed by atoms with van der Waals surface area (Å²) in [6.07, 6.45) is -4.20. The largest absolute Gasteiger partial charge is 0.573 e. The molecule has 1 aromatic heterocycles. The molecule has 2 aliphatic heterocycles. The SMILES string of the molecule is CC1Cc2c([nH]c3ccccc23)C(c2ccc(NC3CN(CCCF)C3)cc2OC(F)(F)F)N1CC(F)(F)CO. The highest BCUT2D eigenvalue weighted by molar-refractivity contribution is 5.85. The second-order valence-corrected chi connectivity index (χ2v) is 10.6. The first-order valence-corrected chi connectivity index (χ1v) is 13.3. The van der Waals surface area contributed by atoms with Crippen molar-refractivity contribution in [1.82, 2.24) is 14.8 Å². The zero-order valence-corrected chi connectivity index (χ0v) is 21.9. The lowest BCUT2D eigenvalue weighted by Crippen LogP contribution is -2.54. The summed E-state index contributed by atoms with van der Waals surface area (Å²) < 4.78 is 87.0. The number of hydrogen-bond acceptors (Lipinski definition) is 5. The first-order chi connectivity index (χ1) is 19.0. The zero-order chi connectivity index (χ0) is 28.7. The summed E-state index contributed by atoms with van der Waals surface area (Å²) in [5, 5.41) is 13.4. The van der Waals surface area contributed by atoms with Crippen LogP contribution in [0, 0.1) is 0 Å². The molecule has 12 heteroatoms. The molecule has 2 aliphatic rings. The lowest BCUT2D eigenvalue weighted by Gasteiger charge is -2.43. The second kappa shape index (κ2) is 11.1. The highest BCUT2D eigenvalue weighted by Gasteiger charge is 2.43. The topological polar surface area (TPSA) is 63.8 Å². The van der Waals surface area contributed by atoms with Crippen LogP contribution >= 0.6 is 0 Å². The molecule has 2 aromatic carbocycles. The molecular formula is C28H32F6N4O2. The zero-order valence-electron chi connectivity index (χ0n) is 21.9. The van der Waals surface area contributed by atoms with Crippen LogP contribution in [0.5, 0.6) is 5.75 Å². The molecule has 3 aromatic rings. The van der Waals surface area contributed by atoms with Gasteiger partial charge in [0.15, 0.2) is 0 Å². The smallest absolute Gasteiger partial charge is 0.405 e. The lowest BCUT2D eigenvalue weighted by atomic mass is 9.87. The van der Waals surface area contributed by atoms with Gasteiger partial charge in [-0.1, -0.05) is 24.3 Å². The van der Waals surface area contributed by atoms with Gasteiger partial charge in [0.1, 0.15) is 12.4 Å². The van der Waals surface area contributed by atoms with Crippen molar-refractivity contribution in [2.24, 2.45) is 0 Å². The van der Waals surface area contributed by atoms with Crippen molar-refractivity contribution in [2.45, 2.75) is 50.2 Å². The molecule has 3 N–H and O–H groups in total. The molecule has 40 heavy (non-hydrogen) atoms. The Balaban J connectivity index is 1.55. The average molecular weight is 571 g/mol. The van der Waals surface area contributed by atoms with Gasteiger partial charge in [0.05, 0.1) is 25.3 Å². The molecule has 2 unspecified atom stereocenters. The van der Waals surface area contributed by atoms with E-state index in [4.69, 9.17) is 0 Å². The van der Waals surface area contributed by atoms with Crippen LogP contribution in [-0.2, 0) is 6.42 Å². The third kappa shape index (κ3) is 6.03. The molecule has 0 saturated carbocycles. The number of anilines is 1. The van der Waals surface area contributed by atoms with Crippen molar-refractivity contribution in [3.8, 4) is 5.75 Å². The van der Waals surface area contributed by atoms with Crippen molar-refractivity contribution in [1.29, 1.82) is 0 Å². The molecule has 0 radical (unpaired) electrons. The van der Waals surface area contributed by atoms with Gasteiger partial charge in [0, 0.05) is 59.6 Å². The highest BCUT2D eigenvalue weighted by Crippen LogP contribution is 2.46. The van der Waals surface area contributed by atoms with E-state index in [1.807, 2.05) is 29.2 Å². The number of fused-ring (bicyclic) bond motifs is 3. The van der Waals surface area contributed by atoms with Gasteiger partial charge in [0.25, 0.3) is 5.92 Å². The van der Waals surface area contributed by atoms with Gasteiger partial charge in [-0.05, 0) is 37.5 Å². The summed E-state index contributed by atoms with van der Waals surface area (Å²) in [7, 11) is 0. The number of aromatic amines is 1. The molecule has 6 nitrogen and oxygen atoms in total. The third-order valence-electron chi connectivity index (χ3n) is 7.63. The van der Waals surface area contributed by atoms with Crippen LogP contribution in [0.15, 0.2) is 42.5 Å². The van der Waals surface area contributed by atoms with Crippen molar-refractivity contribution in [3.05, 3.63) is 59.3 Å². The van der Waals surface area contributed by atoms with Gasteiger partial charge in [-0.2, -0.15) is 0 Å². The molecule has 1 saturated heterocycles. The standard InChI is InChI=1S/C28H32F6N4O2/c1-17-11-22-20-5-2-3-6-23(20)36-25(22)26(38(17)15-27(30,31)16-39)21-8-7-18(12-24(21)40-28(32,33)34)35-19-13-37(14-19)10-4-9-29/h2-3,5-8,12,17,19,26,35-36,39H,4,9-11,13-16H2,1H3. The molecule has 5 rings (SSSR count). The summed E-state index contributed by atoms with van der Waals surface area (Å²) in [4.78, 5) is 6.73. The molecule has 218 valence electrons. The van der Waals surface area contributed by atoms with Gasteiger partial charge in [-0.15, -0.1) is 13.2 Å². The third-order valence-corrected chi connectivity index (χ3v) is 7.63. The first-order valence-electron chi connectivity index (χ1n) is 13.3. The molecular weight excluding hydrogens is 538 g/mol. The minimum Gasteiger partial charge on any atom is -0.405 e. The monoisotopic (exact) mass is 570 g/mol. The quantitative estimate of drug-likeness (QED) is 0.282. The van der Waals surface area contributed by atoms with Crippen LogP contribution in [0.25, 0.3) is 10.9 Å². The Kier molecular flexibility index (Phi) is 7.95. The summed E-state index contributed by atoms with van der Waals surface area (Å²) >= 11 is 0. The fourth-order valence-corrected chi connectivity index (χ4v) is 5.83. The Morgan fingerprint density at radius 2 is 1.85 bits per heavy atom. The van der Waals surface area contributed by atoms with Crippen molar-refractivity contribution in [3.63, 3.8) is 0 Å². The van der Waals surface area contributed by atoms with E-state index in [1.54, 1.807) is 13.0 Å². The maximum absolute atomic E-state index is 14.6. The maximum atomic E-state index is 14.6. The number of para-hydroxylation sites is 1. The van der Waals surface area contributed by atoms with Crippen LogP contribution in [0.2, 0.25) is 0 Å². The number of benzene rings is 2. The number of aliphatic hydroxyl groups excluding tert-OH is 1. The Labute approximate surface area is 227 Å². The Morgan fingerprint density at radius 3 is 2.55 bits per heavy atom. The van der Waals surface area contributed by atoms with Gasteiger partial charge >= 0.3 is 6.36 Å². The van der Waals surface area contributed by atoms with E-state index in [-0.39, 0.29) is 11.6 Å². The summed E-state index contributed by atoms with van der Waals surface area (Å²) in [5.74, 6) is -3.96. The lowest BCUT2D eigenvalue weighted by molar-refractivity contribution is -0.275. The van der Waals surface area contributed by atoms with Gasteiger partial charge in [-0.3, -0.25) is 14.2 Å². The summed E-state index contributed by atoms with van der Waals surface area (Å²) in [5.41, 5.74) is 2.59. The highest BCUT2D eigenvalue weighted by atomic mass is 19.4. The predicted octanol–water partition coefficient (Wildman–Crippen LogP) is 5.49. The van der Waals surface area contributed by atoms with E-state index >= 15 is 0 Å². The number of alkyl halides is 6. The number of aliphatic hydroxyl groups is 1. The van der Waals surface area contributed by atoms with Gasteiger partial charge in [-0.25, -0.2) is 8.78 Å². The number of rotatable bonds is 10. The minimum atomic E-state index is -5.02. The molecule has 1 fully saturated rings.